The highest BCUT2D eigenvalue weighted by Crippen LogP contribution is 2.21. The van der Waals surface area contributed by atoms with Crippen molar-refractivity contribution in [3.63, 3.8) is 0 Å². The molecule has 0 aliphatic heterocycles. The lowest BCUT2D eigenvalue weighted by Crippen LogP contribution is -1.99. The molecular weight excluding hydrogens is 234 g/mol. The number of hydrogen-bond acceptors (Lipinski definition) is 2. The van der Waals surface area contributed by atoms with Crippen LogP contribution in [0.2, 0.25) is 0 Å². The minimum absolute atomic E-state index is 0.411. The number of pyridine rings is 1. The van der Waals surface area contributed by atoms with E-state index in [1.807, 2.05) is 43.3 Å². The van der Waals surface area contributed by atoms with Gasteiger partial charge in [-0.25, -0.2) is 0 Å². The van der Waals surface area contributed by atoms with Gasteiger partial charge in [-0.2, -0.15) is 0 Å². The van der Waals surface area contributed by atoms with E-state index in [2.05, 4.69) is 4.98 Å². The predicted molar refractivity (Wildman–Crippen MR) is 69.3 cm³/mol. The van der Waals surface area contributed by atoms with Crippen LogP contribution in [-0.2, 0) is 12.5 Å². The number of halogens is 1. The third-order valence-electron chi connectivity index (χ3n) is 2.62. The molecule has 0 radical (unpaired) electrons. The number of rotatable bonds is 4. The summed E-state index contributed by atoms with van der Waals surface area (Å²) < 4.78 is 5.77. The molecule has 2 rings (SSSR count). The Morgan fingerprint density at radius 1 is 1.18 bits per heavy atom. The largest absolute Gasteiger partial charge is 0.489 e. The quantitative estimate of drug-likeness (QED) is 0.769. The van der Waals surface area contributed by atoms with Gasteiger partial charge in [-0.3, -0.25) is 4.98 Å². The van der Waals surface area contributed by atoms with E-state index in [0.29, 0.717) is 12.5 Å². The van der Waals surface area contributed by atoms with Crippen LogP contribution in [0, 0.1) is 6.92 Å². The first-order valence-electron chi connectivity index (χ1n) is 5.48. The SMILES string of the molecule is Cc1c(OCc2ccccc2)ccnc1CCl. The minimum Gasteiger partial charge on any atom is -0.489 e. The van der Waals surface area contributed by atoms with Gasteiger partial charge < -0.3 is 4.74 Å². The lowest BCUT2D eigenvalue weighted by molar-refractivity contribution is 0.303. The number of nitrogens with zero attached hydrogens (tertiary/aromatic N) is 1. The second kappa shape index (κ2) is 5.69. The zero-order valence-corrected chi connectivity index (χ0v) is 10.4. The van der Waals surface area contributed by atoms with E-state index in [1.165, 1.54) is 0 Å². The van der Waals surface area contributed by atoms with Crippen molar-refractivity contribution in [3.8, 4) is 5.75 Å². The second-order valence-corrected chi connectivity index (χ2v) is 4.06. The van der Waals surface area contributed by atoms with Gasteiger partial charge >= 0.3 is 0 Å². The van der Waals surface area contributed by atoms with Crippen LogP contribution in [-0.4, -0.2) is 4.98 Å². The summed E-state index contributed by atoms with van der Waals surface area (Å²) in [5, 5.41) is 0. The first-order valence-corrected chi connectivity index (χ1v) is 6.02. The smallest absolute Gasteiger partial charge is 0.126 e. The van der Waals surface area contributed by atoms with Crippen LogP contribution in [0.4, 0.5) is 0 Å². The maximum atomic E-state index is 5.80. The molecule has 0 fully saturated rings. The third kappa shape index (κ3) is 2.98. The molecule has 0 aliphatic carbocycles. The van der Waals surface area contributed by atoms with Crippen molar-refractivity contribution in [2.45, 2.75) is 19.4 Å². The summed E-state index contributed by atoms with van der Waals surface area (Å²) in [7, 11) is 0. The molecule has 0 bridgehead atoms. The van der Waals surface area contributed by atoms with Crippen molar-refractivity contribution in [2.75, 3.05) is 0 Å². The molecule has 0 N–H and O–H groups in total. The maximum absolute atomic E-state index is 5.80. The molecule has 0 saturated heterocycles. The van der Waals surface area contributed by atoms with Gasteiger partial charge in [0.25, 0.3) is 0 Å². The average Bonchev–Trinajstić information content (AvgIpc) is 2.39. The summed E-state index contributed by atoms with van der Waals surface area (Å²) in [6, 6.07) is 11.9. The fraction of sp³-hybridized carbons (Fsp3) is 0.214. The zero-order valence-electron chi connectivity index (χ0n) is 9.69. The molecule has 0 spiro atoms. The highest BCUT2D eigenvalue weighted by Gasteiger charge is 2.05. The van der Waals surface area contributed by atoms with Crippen molar-refractivity contribution >= 4 is 11.6 Å². The molecule has 0 unspecified atom stereocenters. The van der Waals surface area contributed by atoms with Gasteiger partial charge in [0, 0.05) is 11.8 Å². The monoisotopic (exact) mass is 247 g/mol. The average molecular weight is 248 g/mol. The molecule has 1 heterocycles. The van der Waals surface area contributed by atoms with Crippen LogP contribution in [0.1, 0.15) is 16.8 Å². The first-order chi connectivity index (χ1) is 8.31. The van der Waals surface area contributed by atoms with Crippen LogP contribution in [0.3, 0.4) is 0 Å². The van der Waals surface area contributed by atoms with Crippen LogP contribution in [0.15, 0.2) is 42.6 Å². The lowest BCUT2D eigenvalue weighted by atomic mass is 10.2. The van der Waals surface area contributed by atoms with Crippen molar-refractivity contribution in [3.05, 3.63) is 59.4 Å². The number of ether oxygens (including phenoxy) is 1. The Hall–Kier alpha value is -1.54. The maximum Gasteiger partial charge on any atom is 0.126 e. The lowest BCUT2D eigenvalue weighted by Gasteiger charge is -2.10. The summed E-state index contributed by atoms with van der Waals surface area (Å²) in [5.74, 6) is 1.26. The fourth-order valence-corrected chi connectivity index (χ4v) is 1.85. The summed E-state index contributed by atoms with van der Waals surface area (Å²) in [4.78, 5) is 4.20. The minimum atomic E-state index is 0.411. The van der Waals surface area contributed by atoms with Crippen LogP contribution in [0.5, 0.6) is 5.75 Å². The Kier molecular flexibility index (Phi) is 3.99. The molecule has 0 atom stereocenters. The third-order valence-corrected chi connectivity index (χ3v) is 2.88. The Morgan fingerprint density at radius 3 is 2.65 bits per heavy atom. The predicted octanol–water partition coefficient (Wildman–Crippen LogP) is 3.71. The molecule has 0 amide bonds. The molecular formula is C14H14ClNO. The molecule has 0 aliphatic rings. The van der Waals surface area contributed by atoms with Gasteiger partial charge in [0.1, 0.15) is 12.4 Å². The van der Waals surface area contributed by atoms with Gasteiger partial charge in [-0.15, -0.1) is 11.6 Å². The van der Waals surface area contributed by atoms with Crippen LogP contribution >= 0.6 is 11.6 Å². The summed E-state index contributed by atoms with van der Waals surface area (Å²) in [6.07, 6.45) is 1.73. The molecule has 1 aromatic carbocycles. The second-order valence-electron chi connectivity index (χ2n) is 3.79. The van der Waals surface area contributed by atoms with Gasteiger partial charge in [-0.05, 0) is 18.6 Å². The molecule has 88 valence electrons. The van der Waals surface area contributed by atoms with Crippen molar-refractivity contribution < 1.29 is 4.74 Å². The Labute approximate surface area is 106 Å². The van der Waals surface area contributed by atoms with E-state index in [9.17, 15) is 0 Å². The number of hydrogen-bond donors (Lipinski definition) is 0. The van der Waals surface area contributed by atoms with Gasteiger partial charge in [0.2, 0.25) is 0 Å². The highest BCUT2D eigenvalue weighted by molar-refractivity contribution is 6.17. The summed E-state index contributed by atoms with van der Waals surface area (Å²) in [6.45, 7) is 2.54. The summed E-state index contributed by atoms with van der Waals surface area (Å²) >= 11 is 5.80. The highest BCUT2D eigenvalue weighted by atomic mass is 35.5. The number of benzene rings is 1. The molecule has 2 nitrogen and oxygen atoms in total. The number of aromatic nitrogens is 1. The number of alkyl halides is 1. The molecule has 3 heteroatoms. The van der Waals surface area contributed by atoms with E-state index in [4.69, 9.17) is 16.3 Å². The molecule has 0 saturated carbocycles. The van der Waals surface area contributed by atoms with E-state index in [0.717, 1.165) is 22.6 Å². The molecule has 17 heavy (non-hydrogen) atoms. The van der Waals surface area contributed by atoms with Crippen LogP contribution in [0.25, 0.3) is 0 Å². The van der Waals surface area contributed by atoms with E-state index in [-0.39, 0.29) is 0 Å². The van der Waals surface area contributed by atoms with Crippen molar-refractivity contribution in [1.29, 1.82) is 0 Å². The fourth-order valence-electron chi connectivity index (χ4n) is 1.59. The Morgan fingerprint density at radius 2 is 1.94 bits per heavy atom. The Balaban J connectivity index is 2.09. The zero-order chi connectivity index (χ0) is 12.1. The van der Waals surface area contributed by atoms with Gasteiger partial charge in [0.05, 0.1) is 11.6 Å². The van der Waals surface area contributed by atoms with E-state index >= 15 is 0 Å². The Bertz CT molecular complexity index is 485. The molecule has 2 aromatic rings. The van der Waals surface area contributed by atoms with Gasteiger partial charge in [-0.1, -0.05) is 30.3 Å². The van der Waals surface area contributed by atoms with Crippen molar-refractivity contribution in [1.82, 2.24) is 4.98 Å². The first kappa shape index (κ1) is 11.9. The van der Waals surface area contributed by atoms with Crippen LogP contribution < -0.4 is 4.74 Å². The van der Waals surface area contributed by atoms with E-state index in [1.54, 1.807) is 6.20 Å². The normalized spacial score (nSPS) is 10.2. The van der Waals surface area contributed by atoms with Gasteiger partial charge in [0.15, 0.2) is 0 Å². The molecule has 1 aromatic heterocycles. The topological polar surface area (TPSA) is 22.1 Å². The standard InChI is InChI=1S/C14H14ClNO/c1-11-13(9-15)16-8-7-14(11)17-10-12-5-3-2-4-6-12/h2-8H,9-10H2,1H3. The van der Waals surface area contributed by atoms with Crippen molar-refractivity contribution in [2.24, 2.45) is 0 Å². The van der Waals surface area contributed by atoms with E-state index < -0.39 is 0 Å². The summed E-state index contributed by atoms with van der Waals surface area (Å²) in [5.41, 5.74) is 3.03.